The van der Waals surface area contributed by atoms with Crippen LogP contribution < -0.4 is 26.0 Å². The third-order valence-electron chi connectivity index (χ3n) is 9.51. The van der Waals surface area contributed by atoms with E-state index in [2.05, 4.69) is 38.1 Å². The molecule has 5 heterocycles. The Morgan fingerprint density at radius 2 is 1.40 bits per heavy atom. The SMILES string of the molecule is COc1nc(-c2cccc(-c3cccc(-c4cc5c(cn4)c(CNC[C@H]4CCC(=O)N4)cn5C)c3Cl)c2Cl)ccc1CNC[C@H]1CCC(=O)N1. The van der Waals surface area contributed by atoms with Gasteiger partial charge in [0.05, 0.1) is 34.1 Å². The van der Waals surface area contributed by atoms with Crippen molar-refractivity contribution < 1.29 is 14.3 Å². The zero-order valence-corrected chi connectivity index (χ0v) is 29.5. The fraction of sp³-hybridized carbons (Fsp3) is 0.316. The molecule has 2 atom stereocenters. The number of fused-ring (bicyclic) bond motifs is 1. The molecule has 0 spiro atoms. The minimum atomic E-state index is 0.102. The standard InChI is InChI=1S/C38H39Cl2N7O3/c1-47-21-23(17-42-19-25-11-14-35(49)45-25)30-20-43-32(15-33(30)47)29-8-4-6-27(37(29)40)26-5-3-7-28(36(26)39)31-12-9-22(38(46-31)50-2)16-41-18-24-10-13-34(48)44-24/h3-9,12,15,20-21,24-25,41-42H,10-11,13-14,16-19H2,1-2H3,(H,44,48)(H,45,49)/t24-,25-/m1/s1. The average molecular weight is 713 g/mol. The third kappa shape index (κ3) is 7.07. The van der Waals surface area contributed by atoms with E-state index in [-0.39, 0.29) is 23.9 Å². The van der Waals surface area contributed by atoms with Gasteiger partial charge in [-0.2, -0.15) is 0 Å². The van der Waals surface area contributed by atoms with E-state index in [1.54, 1.807) is 7.11 Å². The van der Waals surface area contributed by atoms with Crippen molar-refractivity contribution in [3.63, 3.8) is 0 Å². The Kier molecular flexibility index (Phi) is 10.1. The van der Waals surface area contributed by atoms with Crippen LogP contribution in [0.5, 0.6) is 5.88 Å². The summed E-state index contributed by atoms with van der Waals surface area (Å²) in [4.78, 5) is 32.7. The number of aryl methyl sites for hydroxylation is 1. The molecule has 2 aliphatic heterocycles. The molecule has 2 amide bonds. The highest BCUT2D eigenvalue weighted by molar-refractivity contribution is 6.39. The number of carbonyl (C=O) groups excluding carboxylic acids is 2. The first-order valence-electron chi connectivity index (χ1n) is 16.8. The smallest absolute Gasteiger partial charge is 0.220 e. The van der Waals surface area contributed by atoms with Crippen LogP contribution in [0, 0.1) is 0 Å². The fourth-order valence-electron chi connectivity index (χ4n) is 6.87. The molecule has 2 aliphatic rings. The van der Waals surface area contributed by atoms with Crippen LogP contribution in [-0.4, -0.2) is 58.6 Å². The van der Waals surface area contributed by atoms with Gasteiger partial charge in [-0.25, -0.2) is 4.98 Å². The van der Waals surface area contributed by atoms with E-state index in [4.69, 9.17) is 37.9 Å². The van der Waals surface area contributed by atoms with Crippen LogP contribution in [0.15, 0.2) is 67.0 Å². The Labute approximate surface area is 300 Å². The molecule has 0 bridgehead atoms. The maximum atomic E-state index is 11.5. The minimum absolute atomic E-state index is 0.102. The van der Waals surface area contributed by atoms with Gasteiger partial charge in [0.2, 0.25) is 17.7 Å². The fourth-order valence-corrected chi connectivity index (χ4v) is 7.52. The first kappa shape index (κ1) is 34.0. The number of ether oxygens (including phenoxy) is 1. The molecule has 2 fully saturated rings. The largest absolute Gasteiger partial charge is 0.481 e. The van der Waals surface area contributed by atoms with Crippen LogP contribution >= 0.6 is 23.2 Å². The Bertz CT molecular complexity index is 2080. The van der Waals surface area contributed by atoms with Crippen LogP contribution in [0.25, 0.3) is 44.5 Å². The van der Waals surface area contributed by atoms with Gasteiger partial charge in [0.15, 0.2) is 0 Å². The lowest BCUT2D eigenvalue weighted by Crippen LogP contribution is -2.35. The predicted molar refractivity (Wildman–Crippen MR) is 197 cm³/mol. The molecule has 2 aromatic carbocycles. The maximum Gasteiger partial charge on any atom is 0.220 e. The molecule has 10 nitrogen and oxygen atoms in total. The number of nitrogens with zero attached hydrogens (tertiary/aromatic N) is 3. The summed E-state index contributed by atoms with van der Waals surface area (Å²) in [6.45, 7) is 2.65. The van der Waals surface area contributed by atoms with Gasteiger partial charge in [0.1, 0.15) is 0 Å². The summed E-state index contributed by atoms with van der Waals surface area (Å²) in [6.07, 6.45) is 6.89. The molecule has 0 aliphatic carbocycles. The van der Waals surface area contributed by atoms with Crippen molar-refractivity contribution in [2.75, 3.05) is 20.2 Å². The topological polar surface area (TPSA) is 122 Å². The van der Waals surface area contributed by atoms with Gasteiger partial charge < -0.3 is 30.6 Å². The Hall–Kier alpha value is -4.48. The maximum absolute atomic E-state index is 11.5. The number of pyridine rings is 2. The van der Waals surface area contributed by atoms with Crippen molar-refractivity contribution in [1.29, 1.82) is 0 Å². The van der Waals surface area contributed by atoms with Gasteiger partial charge in [-0.15, -0.1) is 0 Å². The average Bonchev–Trinajstić information content (AvgIpc) is 3.83. The van der Waals surface area contributed by atoms with E-state index in [1.807, 2.05) is 61.8 Å². The van der Waals surface area contributed by atoms with Gasteiger partial charge in [-0.05, 0) is 30.5 Å². The molecular formula is C38H39Cl2N7O3. The van der Waals surface area contributed by atoms with Gasteiger partial charge >= 0.3 is 0 Å². The van der Waals surface area contributed by atoms with E-state index in [0.29, 0.717) is 54.1 Å². The van der Waals surface area contributed by atoms with Gasteiger partial charge in [-0.3, -0.25) is 14.6 Å². The van der Waals surface area contributed by atoms with Crippen molar-refractivity contribution in [2.45, 2.75) is 50.9 Å². The highest BCUT2D eigenvalue weighted by Crippen LogP contribution is 2.42. The molecule has 50 heavy (non-hydrogen) atoms. The van der Waals surface area contributed by atoms with Crippen LogP contribution in [0.3, 0.4) is 0 Å². The van der Waals surface area contributed by atoms with E-state index in [0.717, 1.165) is 69.4 Å². The van der Waals surface area contributed by atoms with E-state index < -0.39 is 0 Å². The summed E-state index contributed by atoms with van der Waals surface area (Å²) in [5.41, 5.74) is 7.69. The highest BCUT2D eigenvalue weighted by atomic mass is 35.5. The Morgan fingerprint density at radius 3 is 1.98 bits per heavy atom. The molecular weight excluding hydrogens is 673 g/mol. The predicted octanol–water partition coefficient (Wildman–Crippen LogP) is 6.02. The van der Waals surface area contributed by atoms with Crippen molar-refractivity contribution in [3.05, 3.63) is 88.2 Å². The molecule has 0 unspecified atom stereocenters. The summed E-state index contributed by atoms with van der Waals surface area (Å²) in [5.74, 6) is 0.734. The number of methoxy groups -OCH3 is 1. The van der Waals surface area contributed by atoms with Crippen molar-refractivity contribution in [3.8, 4) is 39.5 Å². The Morgan fingerprint density at radius 1 is 0.820 bits per heavy atom. The summed E-state index contributed by atoms with van der Waals surface area (Å²) in [5, 5.41) is 15.0. The minimum Gasteiger partial charge on any atom is -0.481 e. The second-order valence-electron chi connectivity index (χ2n) is 12.9. The number of benzene rings is 2. The van der Waals surface area contributed by atoms with Crippen LogP contribution in [-0.2, 0) is 29.7 Å². The molecule has 2 saturated heterocycles. The molecule has 4 N–H and O–H groups in total. The molecule has 258 valence electrons. The second kappa shape index (κ2) is 14.8. The number of hydrogen-bond donors (Lipinski definition) is 4. The first-order valence-corrected chi connectivity index (χ1v) is 17.6. The van der Waals surface area contributed by atoms with Crippen LogP contribution in [0.1, 0.15) is 36.8 Å². The third-order valence-corrected chi connectivity index (χ3v) is 10.3. The number of nitrogens with one attached hydrogen (secondary N) is 4. The number of rotatable bonds is 12. The van der Waals surface area contributed by atoms with Crippen LogP contribution in [0.4, 0.5) is 0 Å². The molecule has 0 saturated carbocycles. The van der Waals surface area contributed by atoms with E-state index in [1.165, 1.54) is 0 Å². The van der Waals surface area contributed by atoms with E-state index in [9.17, 15) is 9.59 Å². The van der Waals surface area contributed by atoms with Crippen molar-refractivity contribution in [2.24, 2.45) is 7.05 Å². The quantitative estimate of drug-likeness (QED) is 0.125. The Balaban J connectivity index is 1.11. The first-order chi connectivity index (χ1) is 24.3. The van der Waals surface area contributed by atoms with Gasteiger partial charge in [0, 0.05) is 104 Å². The van der Waals surface area contributed by atoms with Gasteiger partial charge in [0.25, 0.3) is 0 Å². The molecule has 5 aromatic rings. The molecule has 3 aromatic heterocycles. The number of halogens is 2. The zero-order valence-electron chi connectivity index (χ0n) is 28.0. The number of aromatic nitrogens is 3. The monoisotopic (exact) mass is 711 g/mol. The molecule has 12 heteroatoms. The van der Waals surface area contributed by atoms with Crippen LogP contribution in [0.2, 0.25) is 10.0 Å². The van der Waals surface area contributed by atoms with E-state index >= 15 is 0 Å². The zero-order chi connectivity index (χ0) is 34.8. The number of carbonyl (C=O) groups is 2. The highest BCUT2D eigenvalue weighted by Gasteiger charge is 2.22. The number of hydrogen-bond acceptors (Lipinski definition) is 7. The number of amides is 2. The molecule has 0 radical (unpaired) electrons. The summed E-state index contributed by atoms with van der Waals surface area (Å²) in [7, 11) is 3.63. The van der Waals surface area contributed by atoms with Crippen molar-refractivity contribution >= 4 is 45.9 Å². The lowest BCUT2D eigenvalue weighted by molar-refractivity contribution is -0.120. The summed E-state index contributed by atoms with van der Waals surface area (Å²) < 4.78 is 7.76. The van der Waals surface area contributed by atoms with Gasteiger partial charge in [-0.1, -0.05) is 65.7 Å². The lowest BCUT2D eigenvalue weighted by atomic mass is 9.98. The normalized spacial score (nSPS) is 17.4. The second-order valence-corrected chi connectivity index (χ2v) is 13.7. The molecule has 7 rings (SSSR count). The summed E-state index contributed by atoms with van der Waals surface area (Å²) >= 11 is 14.3. The van der Waals surface area contributed by atoms with Crippen molar-refractivity contribution in [1.82, 2.24) is 35.8 Å². The summed E-state index contributed by atoms with van der Waals surface area (Å²) in [6, 6.07) is 18.1. The lowest BCUT2D eigenvalue weighted by Gasteiger charge is -2.15.